The molecule has 0 saturated carbocycles. The maximum absolute atomic E-state index is 12.6. The average molecular weight is 380 g/mol. The van der Waals surface area contributed by atoms with Crippen molar-refractivity contribution in [1.29, 1.82) is 0 Å². The number of nitrogens with zero attached hydrogens (tertiary/aromatic N) is 1. The Morgan fingerprint density at radius 1 is 1.33 bits per heavy atom. The van der Waals surface area contributed by atoms with E-state index in [1.54, 1.807) is 0 Å². The van der Waals surface area contributed by atoms with Crippen molar-refractivity contribution < 1.29 is 29.2 Å². The first kappa shape index (κ1) is 22.2. The number of nitrogens with one attached hydrogen (secondary N) is 1. The lowest BCUT2D eigenvalue weighted by Gasteiger charge is -2.27. The van der Waals surface area contributed by atoms with Crippen LogP contribution in [0, 0.1) is 10.1 Å². The number of aliphatic hydroxyl groups is 1. The first-order valence-electron chi connectivity index (χ1n) is 8.62. The van der Waals surface area contributed by atoms with Gasteiger partial charge in [-0.3, -0.25) is 24.5 Å². The van der Waals surface area contributed by atoms with Crippen LogP contribution in [0.2, 0.25) is 0 Å². The number of carbonyl (C=O) groups excluding carboxylic acids is 3. The highest BCUT2D eigenvalue weighted by Gasteiger charge is 2.43. The van der Waals surface area contributed by atoms with Crippen molar-refractivity contribution in [2.45, 2.75) is 44.6 Å². The number of nitro benzene ring substituents is 1. The van der Waals surface area contributed by atoms with Crippen LogP contribution < -0.4 is 5.32 Å². The molecule has 1 atom stereocenters. The predicted octanol–water partition coefficient (Wildman–Crippen LogP) is 1.85. The van der Waals surface area contributed by atoms with E-state index in [4.69, 9.17) is 0 Å². The fourth-order valence-electron chi connectivity index (χ4n) is 2.68. The van der Waals surface area contributed by atoms with Crippen LogP contribution >= 0.6 is 0 Å². The molecule has 0 aromatic heterocycles. The van der Waals surface area contributed by atoms with Crippen molar-refractivity contribution in [3.8, 4) is 0 Å². The number of aldehydes is 1. The minimum Gasteiger partial charge on any atom is -0.469 e. The highest BCUT2D eigenvalue weighted by Crippen LogP contribution is 2.32. The van der Waals surface area contributed by atoms with E-state index in [0.717, 1.165) is 32.4 Å². The molecule has 0 aliphatic carbocycles. The molecule has 27 heavy (non-hydrogen) atoms. The highest BCUT2D eigenvalue weighted by molar-refractivity contribution is 5.95. The Balaban J connectivity index is 3.26. The number of hydrogen-bond donors (Lipinski definition) is 2. The molecule has 9 nitrogen and oxygen atoms in total. The summed E-state index contributed by atoms with van der Waals surface area (Å²) in [6, 6.07) is 3.52. The third-order valence-electron chi connectivity index (χ3n) is 4.16. The van der Waals surface area contributed by atoms with Crippen LogP contribution in [0.15, 0.2) is 18.2 Å². The summed E-state index contributed by atoms with van der Waals surface area (Å²) in [5.74, 6) is -1.82. The number of hydrogen-bond acceptors (Lipinski definition) is 7. The van der Waals surface area contributed by atoms with E-state index in [1.807, 2.05) is 6.92 Å². The number of esters is 1. The maximum atomic E-state index is 12.6. The average Bonchev–Trinajstić information content (AvgIpc) is 2.66. The molecule has 0 saturated heterocycles. The van der Waals surface area contributed by atoms with Crippen LogP contribution in [0.3, 0.4) is 0 Å². The van der Waals surface area contributed by atoms with Gasteiger partial charge in [-0.2, -0.15) is 0 Å². The summed E-state index contributed by atoms with van der Waals surface area (Å²) in [6.07, 6.45) is 2.95. The molecular formula is C18H24N2O7. The van der Waals surface area contributed by atoms with E-state index in [2.05, 4.69) is 10.1 Å². The zero-order valence-corrected chi connectivity index (χ0v) is 15.4. The van der Waals surface area contributed by atoms with Crippen molar-refractivity contribution in [3.63, 3.8) is 0 Å². The molecule has 0 aliphatic heterocycles. The smallest absolute Gasteiger partial charge is 0.309 e. The molecule has 0 aliphatic rings. The van der Waals surface area contributed by atoms with Crippen LogP contribution in [0.1, 0.15) is 54.9 Å². The van der Waals surface area contributed by atoms with Gasteiger partial charge in [-0.25, -0.2) is 0 Å². The molecule has 0 fully saturated rings. The maximum Gasteiger partial charge on any atom is 0.309 e. The number of methoxy groups -OCH3 is 1. The fraction of sp³-hybridized carbons (Fsp3) is 0.500. The van der Waals surface area contributed by atoms with Crippen molar-refractivity contribution in [2.24, 2.45) is 0 Å². The Morgan fingerprint density at radius 3 is 2.59 bits per heavy atom. The van der Waals surface area contributed by atoms with Gasteiger partial charge in [-0.15, -0.1) is 0 Å². The van der Waals surface area contributed by atoms with E-state index in [-0.39, 0.29) is 18.4 Å². The molecule has 9 heteroatoms. The summed E-state index contributed by atoms with van der Waals surface area (Å²) in [4.78, 5) is 46.2. The van der Waals surface area contributed by atoms with Gasteiger partial charge in [-0.1, -0.05) is 38.3 Å². The highest BCUT2D eigenvalue weighted by atomic mass is 16.6. The second kappa shape index (κ2) is 10.4. The number of benzene rings is 1. The number of unbranched alkanes of at least 4 members (excludes halogenated alkanes) is 3. The molecule has 0 heterocycles. The Bertz CT molecular complexity index is 705. The second-order valence-electron chi connectivity index (χ2n) is 6.04. The van der Waals surface area contributed by atoms with E-state index in [9.17, 15) is 29.6 Å². The van der Waals surface area contributed by atoms with Crippen LogP contribution in [-0.2, 0) is 19.9 Å². The van der Waals surface area contributed by atoms with Gasteiger partial charge < -0.3 is 15.2 Å². The number of rotatable bonds is 11. The summed E-state index contributed by atoms with van der Waals surface area (Å²) >= 11 is 0. The Hall–Kier alpha value is -2.81. The first-order valence-corrected chi connectivity index (χ1v) is 8.62. The van der Waals surface area contributed by atoms with Gasteiger partial charge in [0.1, 0.15) is 0 Å². The van der Waals surface area contributed by atoms with Gasteiger partial charge in [0.15, 0.2) is 11.9 Å². The summed E-state index contributed by atoms with van der Waals surface area (Å²) in [5.41, 5.74) is -3.82. The summed E-state index contributed by atoms with van der Waals surface area (Å²) < 4.78 is 4.53. The Labute approximate surface area is 156 Å². The Kier molecular flexibility index (Phi) is 8.53. The van der Waals surface area contributed by atoms with Gasteiger partial charge in [-0.05, 0) is 6.42 Å². The molecule has 1 aromatic rings. The third-order valence-corrected chi connectivity index (χ3v) is 4.16. The largest absolute Gasteiger partial charge is 0.469 e. The SMILES string of the molecule is CCCCCCNC(=O)C(O)(CC(=O)OC)c1cccc([N+](=O)[O-])c1C=O. The molecule has 1 amide bonds. The number of nitro groups is 1. The van der Waals surface area contributed by atoms with Gasteiger partial charge >= 0.3 is 5.97 Å². The molecular weight excluding hydrogens is 356 g/mol. The number of carbonyl (C=O) groups is 3. The van der Waals surface area contributed by atoms with Crippen LogP contribution in [-0.4, -0.2) is 41.8 Å². The normalized spacial score (nSPS) is 12.7. The minimum atomic E-state index is -2.47. The van der Waals surface area contributed by atoms with Crippen molar-refractivity contribution in [3.05, 3.63) is 39.4 Å². The van der Waals surface area contributed by atoms with Crippen LogP contribution in [0.4, 0.5) is 5.69 Å². The fourth-order valence-corrected chi connectivity index (χ4v) is 2.68. The standard InChI is InChI=1S/C18H24N2O7/c1-3-4-5-6-10-19-17(23)18(24,11-16(22)27-2)14-8-7-9-15(20(25)26)13(14)12-21/h7-9,12,24H,3-6,10-11H2,1-2H3,(H,19,23). The molecule has 2 N–H and O–H groups in total. The van der Waals surface area contributed by atoms with Gasteiger partial charge in [0, 0.05) is 18.2 Å². The minimum absolute atomic E-state index is 0.185. The second-order valence-corrected chi connectivity index (χ2v) is 6.04. The third kappa shape index (κ3) is 5.58. The predicted molar refractivity (Wildman–Crippen MR) is 96.2 cm³/mol. The molecule has 0 radical (unpaired) electrons. The summed E-state index contributed by atoms with van der Waals surface area (Å²) in [7, 11) is 1.08. The summed E-state index contributed by atoms with van der Waals surface area (Å²) in [5, 5.41) is 24.7. The number of amides is 1. The molecule has 1 rings (SSSR count). The lowest BCUT2D eigenvalue weighted by atomic mass is 9.85. The Morgan fingerprint density at radius 2 is 2.04 bits per heavy atom. The molecule has 1 unspecified atom stereocenters. The van der Waals surface area contributed by atoms with E-state index in [1.165, 1.54) is 12.1 Å². The van der Waals surface area contributed by atoms with Crippen molar-refractivity contribution in [2.75, 3.05) is 13.7 Å². The van der Waals surface area contributed by atoms with Crippen molar-refractivity contribution >= 4 is 23.9 Å². The van der Waals surface area contributed by atoms with Gasteiger partial charge in [0.05, 0.1) is 24.0 Å². The monoisotopic (exact) mass is 380 g/mol. The molecule has 148 valence electrons. The van der Waals surface area contributed by atoms with Crippen LogP contribution in [0.5, 0.6) is 0 Å². The first-order chi connectivity index (χ1) is 12.8. The molecule has 0 spiro atoms. The van der Waals surface area contributed by atoms with Crippen LogP contribution in [0.25, 0.3) is 0 Å². The van der Waals surface area contributed by atoms with E-state index < -0.39 is 40.1 Å². The van der Waals surface area contributed by atoms with Gasteiger partial charge in [0.25, 0.3) is 11.6 Å². The lowest BCUT2D eigenvalue weighted by Crippen LogP contribution is -2.47. The lowest BCUT2D eigenvalue weighted by molar-refractivity contribution is -0.385. The zero-order chi connectivity index (χ0) is 20.4. The zero-order valence-electron chi connectivity index (χ0n) is 15.4. The number of ether oxygens (including phenoxy) is 1. The summed E-state index contributed by atoms with van der Waals surface area (Å²) in [6.45, 7) is 2.30. The topological polar surface area (TPSA) is 136 Å². The quantitative estimate of drug-likeness (QED) is 0.197. The van der Waals surface area contributed by atoms with Crippen molar-refractivity contribution in [1.82, 2.24) is 5.32 Å². The molecule has 1 aromatic carbocycles. The van der Waals surface area contributed by atoms with Gasteiger partial charge in [0.2, 0.25) is 0 Å². The van der Waals surface area contributed by atoms with E-state index in [0.29, 0.717) is 6.42 Å². The van der Waals surface area contributed by atoms with E-state index >= 15 is 0 Å². The molecule has 0 bridgehead atoms.